The Morgan fingerprint density at radius 2 is 2.40 bits per heavy atom. The topological polar surface area (TPSA) is 34.9 Å². The lowest BCUT2D eigenvalue weighted by atomic mass is 9.77. The van der Waals surface area contributed by atoms with E-state index in [4.69, 9.17) is 0 Å². The van der Waals surface area contributed by atoms with E-state index >= 15 is 0 Å². The standard InChI is InChI=1S/C12H18N2O/c1-3-14-8-10(7-13-14)12-6-11(15)5-4-9(12)2/h7-9,12H,3-6H2,1-2H3. The van der Waals surface area contributed by atoms with Crippen LogP contribution in [0.5, 0.6) is 0 Å². The van der Waals surface area contributed by atoms with E-state index in [0.717, 1.165) is 19.4 Å². The summed E-state index contributed by atoms with van der Waals surface area (Å²) in [6.07, 6.45) is 6.50. The van der Waals surface area contributed by atoms with Crippen molar-refractivity contribution in [2.75, 3.05) is 0 Å². The zero-order chi connectivity index (χ0) is 10.8. The number of aromatic nitrogens is 2. The second kappa shape index (κ2) is 4.17. The fourth-order valence-electron chi connectivity index (χ4n) is 2.33. The molecular formula is C12H18N2O. The van der Waals surface area contributed by atoms with Gasteiger partial charge < -0.3 is 0 Å². The summed E-state index contributed by atoms with van der Waals surface area (Å²) in [5, 5.41) is 4.27. The molecule has 1 saturated carbocycles. The largest absolute Gasteiger partial charge is 0.300 e. The molecule has 1 heterocycles. The number of hydrogen-bond acceptors (Lipinski definition) is 2. The number of carbonyl (C=O) groups excluding carboxylic acids is 1. The van der Waals surface area contributed by atoms with E-state index in [1.165, 1.54) is 5.56 Å². The van der Waals surface area contributed by atoms with E-state index in [1.807, 2.05) is 10.9 Å². The number of rotatable bonds is 2. The van der Waals surface area contributed by atoms with Gasteiger partial charge in [0.25, 0.3) is 0 Å². The van der Waals surface area contributed by atoms with Crippen molar-refractivity contribution >= 4 is 5.78 Å². The summed E-state index contributed by atoms with van der Waals surface area (Å²) < 4.78 is 1.93. The maximum atomic E-state index is 11.4. The SMILES string of the molecule is CCn1cc(C2CC(=O)CCC2C)cn1. The van der Waals surface area contributed by atoms with Gasteiger partial charge >= 0.3 is 0 Å². The molecule has 0 saturated heterocycles. The molecule has 82 valence electrons. The summed E-state index contributed by atoms with van der Waals surface area (Å²) in [6, 6.07) is 0. The summed E-state index contributed by atoms with van der Waals surface area (Å²) in [7, 11) is 0. The molecule has 0 aromatic carbocycles. The Morgan fingerprint density at radius 1 is 1.60 bits per heavy atom. The average Bonchev–Trinajstić information content (AvgIpc) is 2.70. The van der Waals surface area contributed by atoms with Crippen molar-refractivity contribution < 1.29 is 4.79 Å². The number of nitrogens with zero attached hydrogens (tertiary/aromatic N) is 2. The monoisotopic (exact) mass is 206 g/mol. The third kappa shape index (κ3) is 2.11. The number of carbonyl (C=O) groups is 1. The predicted molar refractivity (Wildman–Crippen MR) is 58.7 cm³/mol. The molecule has 1 aromatic heterocycles. The molecule has 1 fully saturated rings. The summed E-state index contributed by atoms with van der Waals surface area (Å²) in [5.74, 6) is 1.41. The molecule has 3 heteroatoms. The highest BCUT2D eigenvalue weighted by Gasteiger charge is 2.28. The molecule has 2 atom stereocenters. The molecular weight excluding hydrogens is 188 g/mol. The highest BCUT2D eigenvalue weighted by Crippen LogP contribution is 2.35. The molecule has 0 bridgehead atoms. The molecule has 15 heavy (non-hydrogen) atoms. The summed E-state index contributed by atoms with van der Waals surface area (Å²) >= 11 is 0. The first-order valence-corrected chi connectivity index (χ1v) is 5.74. The molecule has 1 aliphatic carbocycles. The Morgan fingerprint density at radius 3 is 3.07 bits per heavy atom. The molecule has 1 aliphatic rings. The third-order valence-electron chi connectivity index (χ3n) is 3.42. The van der Waals surface area contributed by atoms with Crippen LogP contribution in [-0.4, -0.2) is 15.6 Å². The molecule has 3 nitrogen and oxygen atoms in total. The Bertz CT molecular complexity index is 356. The van der Waals surface area contributed by atoms with Crippen LogP contribution in [0.3, 0.4) is 0 Å². The van der Waals surface area contributed by atoms with Gasteiger partial charge in [-0.3, -0.25) is 9.48 Å². The van der Waals surface area contributed by atoms with Crippen LogP contribution in [0.1, 0.15) is 44.6 Å². The zero-order valence-electron chi connectivity index (χ0n) is 9.44. The van der Waals surface area contributed by atoms with Crippen LogP contribution < -0.4 is 0 Å². The minimum absolute atomic E-state index is 0.395. The zero-order valence-corrected chi connectivity index (χ0v) is 9.44. The van der Waals surface area contributed by atoms with Crippen LogP contribution in [0, 0.1) is 5.92 Å². The molecule has 0 N–H and O–H groups in total. The Hall–Kier alpha value is -1.12. The van der Waals surface area contributed by atoms with Crippen molar-refractivity contribution in [3.8, 4) is 0 Å². The van der Waals surface area contributed by atoms with Gasteiger partial charge in [-0.25, -0.2) is 0 Å². The lowest BCUT2D eigenvalue weighted by Gasteiger charge is -2.26. The van der Waals surface area contributed by atoms with Crippen LogP contribution in [0.25, 0.3) is 0 Å². The predicted octanol–water partition coefficient (Wildman–Crippen LogP) is 2.38. The number of hydrogen-bond donors (Lipinski definition) is 0. The van der Waals surface area contributed by atoms with Gasteiger partial charge in [0, 0.05) is 25.6 Å². The van der Waals surface area contributed by atoms with Crippen LogP contribution in [-0.2, 0) is 11.3 Å². The molecule has 2 rings (SSSR count). The molecule has 0 radical (unpaired) electrons. The van der Waals surface area contributed by atoms with E-state index in [2.05, 4.69) is 25.1 Å². The van der Waals surface area contributed by atoms with Crippen molar-refractivity contribution in [1.29, 1.82) is 0 Å². The highest BCUT2D eigenvalue weighted by molar-refractivity contribution is 5.80. The number of ketones is 1. The second-order valence-corrected chi connectivity index (χ2v) is 4.49. The normalized spacial score (nSPS) is 26.9. The fourth-order valence-corrected chi connectivity index (χ4v) is 2.33. The van der Waals surface area contributed by atoms with Gasteiger partial charge in [-0.05, 0) is 30.7 Å². The Kier molecular flexibility index (Phi) is 2.89. The smallest absolute Gasteiger partial charge is 0.133 e. The van der Waals surface area contributed by atoms with E-state index < -0.39 is 0 Å². The minimum atomic E-state index is 0.395. The summed E-state index contributed by atoms with van der Waals surface area (Å²) in [4.78, 5) is 11.4. The molecule has 0 spiro atoms. The van der Waals surface area contributed by atoms with Crippen molar-refractivity contribution in [1.82, 2.24) is 9.78 Å². The van der Waals surface area contributed by atoms with Gasteiger partial charge in [-0.1, -0.05) is 6.92 Å². The van der Waals surface area contributed by atoms with Crippen LogP contribution in [0.4, 0.5) is 0 Å². The highest BCUT2D eigenvalue weighted by atomic mass is 16.1. The summed E-state index contributed by atoms with van der Waals surface area (Å²) in [6.45, 7) is 5.21. The van der Waals surface area contributed by atoms with E-state index in [1.54, 1.807) is 0 Å². The van der Waals surface area contributed by atoms with Crippen LogP contribution in [0.15, 0.2) is 12.4 Å². The Balaban J connectivity index is 2.17. The molecule has 2 unspecified atom stereocenters. The minimum Gasteiger partial charge on any atom is -0.300 e. The molecule has 1 aromatic rings. The van der Waals surface area contributed by atoms with E-state index in [-0.39, 0.29) is 0 Å². The van der Waals surface area contributed by atoms with Gasteiger partial charge in [-0.15, -0.1) is 0 Å². The average molecular weight is 206 g/mol. The number of Topliss-reactive ketones (excluding diaryl/α,β-unsaturated/α-hetero) is 1. The quantitative estimate of drug-likeness (QED) is 0.744. The van der Waals surface area contributed by atoms with E-state index in [0.29, 0.717) is 24.0 Å². The van der Waals surface area contributed by atoms with Gasteiger partial charge in [0.2, 0.25) is 0 Å². The van der Waals surface area contributed by atoms with Crippen molar-refractivity contribution in [3.63, 3.8) is 0 Å². The number of aryl methyl sites for hydroxylation is 1. The fraction of sp³-hybridized carbons (Fsp3) is 0.667. The van der Waals surface area contributed by atoms with Crippen molar-refractivity contribution in [2.45, 2.75) is 45.6 Å². The summed E-state index contributed by atoms with van der Waals surface area (Å²) in [5.41, 5.74) is 1.23. The van der Waals surface area contributed by atoms with Crippen molar-refractivity contribution in [2.24, 2.45) is 5.92 Å². The van der Waals surface area contributed by atoms with E-state index in [9.17, 15) is 4.79 Å². The van der Waals surface area contributed by atoms with Gasteiger partial charge in [0.15, 0.2) is 0 Å². The Labute approximate surface area is 90.5 Å². The lowest BCUT2D eigenvalue weighted by molar-refractivity contribution is -0.121. The van der Waals surface area contributed by atoms with Gasteiger partial charge in [0.05, 0.1) is 6.20 Å². The van der Waals surface area contributed by atoms with Crippen molar-refractivity contribution in [3.05, 3.63) is 18.0 Å². The maximum Gasteiger partial charge on any atom is 0.133 e. The van der Waals surface area contributed by atoms with Crippen LogP contribution in [0.2, 0.25) is 0 Å². The second-order valence-electron chi connectivity index (χ2n) is 4.49. The van der Waals surface area contributed by atoms with Gasteiger partial charge in [0.1, 0.15) is 5.78 Å². The molecule has 0 aliphatic heterocycles. The lowest BCUT2D eigenvalue weighted by Crippen LogP contribution is -2.20. The first-order chi connectivity index (χ1) is 7.20. The first-order valence-electron chi connectivity index (χ1n) is 5.74. The first kappa shape index (κ1) is 10.4. The molecule has 0 amide bonds. The maximum absolute atomic E-state index is 11.4. The van der Waals surface area contributed by atoms with Gasteiger partial charge in [-0.2, -0.15) is 5.10 Å². The van der Waals surface area contributed by atoms with Crippen LogP contribution >= 0.6 is 0 Å². The third-order valence-corrected chi connectivity index (χ3v) is 3.42.